The number of H-pyrrole nitrogens is 1. The molecule has 5 nitrogen and oxygen atoms in total. The fraction of sp³-hybridized carbons (Fsp3) is 0.143. The number of aryl methyl sites for hydroxylation is 1. The largest absolute Gasteiger partial charge is 0.488 e. The van der Waals surface area contributed by atoms with Crippen molar-refractivity contribution in [3.63, 3.8) is 0 Å². The molecule has 0 aliphatic carbocycles. The van der Waals surface area contributed by atoms with E-state index >= 15 is 0 Å². The summed E-state index contributed by atoms with van der Waals surface area (Å²) in [5.41, 5.74) is 5.22. The number of nitrogens with one attached hydrogen (secondary N) is 1. The number of benzene rings is 2. The molecule has 0 spiro atoms. The molecular formula is C21H17ClN4O. The number of rotatable bonds is 4. The van der Waals surface area contributed by atoms with Crippen LogP contribution >= 0.6 is 11.6 Å². The van der Waals surface area contributed by atoms with E-state index in [0.717, 1.165) is 39.3 Å². The van der Waals surface area contributed by atoms with Crippen LogP contribution in [0.3, 0.4) is 0 Å². The summed E-state index contributed by atoms with van der Waals surface area (Å²) in [6.45, 7) is 4.39. The number of aromatic amines is 1. The van der Waals surface area contributed by atoms with E-state index in [0.29, 0.717) is 17.2 Å². The van der Waals surface area contributed by atoms with Gasteiger partial charge in [-0.15, -0.1) is 0 Å². The molecule has 0 aliphatic rings. The van der Waals surface area contributed by atoms with Gasteiger partial charge in [-0.3, -0.25) is 0 Å². The molecule has 0 saturated carbocycles. The molecule has 2 aromatic heterocycles. The molecule has 1 N–H and O–H groups in total. The highest BCUT2D eigenvalue weighted by atomic mass is 35.5. The molecule has 4 aromatic rings. The SMILES string of the molecule is Cc1nn(-c2ccc(C#N)c(Cl)c2)c(C)c1COc1cccc2[nH]ccc12. The number of hydrogen-bond donors (Lipinski definition) is 1. The minimum atomic E-state index is 0.416. The molecule has 0 saturated heterocycles. The molecule has 0 atom stereocenters. The van der Waals surface area contributed by atoms with Crippen molar-refractivity contribution in [3.8, 4) is 17.5 Å². The summed E-state index contributed by atoms with van der Waals surface area (Å²) in [7, 11) is 0. The van der Waals surface area contributed by atoms with Gasteiger partial charge in [0.2, 0.25) is 0 Å². The molecule has 27 heavy (non-hydrogen) atoms. The fourth-order valence-electron chi connectivity index (χ4n) is 3.19. The predicted molar refractivity (Wildman–Crippen MR) is 105 cm³/mol. The first-order valence-electron chi connectivity index (χ1n) is 8.52. The lowest BCUT2D eigenvalue weighted by atomic mass is 10.2. The Labute approximate surface area is 161 Å². The Morgan fingerprint density at radius 1 is 1.22 bits per heavy atom. The zero-order valence-electron chi connectivity index (χ0n) is 15.0. The predicted octanol–water partition coefficient (Wildman–Crippen LogP) is 5.07. The van der Waals surface area contributed by atoms with Crippen molar-refractivity contribution in [3.05, 3.63) is 76.2 Å². The minimum Gasteiger partial charge on any atom is -0.488 e. The highest BCUT2D eigenvalue weighted by Gasteiger charge is 2.15. The van der Waals surface area contributed by atoms with Crippen molar-refractivity contribution in [1.29, 1.82) is 5.26 Å². The van der Waals surface area contributed by atoms with Gasteiger partial charge in [-0.1, -0.05) is 17.7 Å². The second kappa shape index (κ2) is 6.82. The van der Waals surface area contributed by atoms with Gasteiger partial charge in [0, 0.05) is 28.4 Å². The summed E-state index contributed by atoms with van der Waals surface area (Å²) in [5, 5.41) is 15.1. The molecule has 0 unspecified atom stereocenters. The maximum atomic E-state index is 9.04. The molecule has 6 heteroatoms. The van der Waals surface area contributed by atoms with Crippen LogP contribution in [0.5, 0.6) is 5.75 Å². The molecule has 0 radical (unpaired) electrons. The van der Waals surface area contributed by atoms with Crippen LogP contribution < -0.4 is 4.74 Å². The molecule has 134 valence electrons. The minimum absolute atomic E-state index is 0.416. The molecule has 0 amide bonds. The van der Waals surface area contributed by atoms with Gasteiger partial charge in [-0.05, 0) is 50.2 Å². The Morgan fingerprint density at radius 2 is 2.07 bits per heavy atom. The summed E-state index contributed by atoms with van der Waals surface area (Å²) in [6.07, 6.45) is 1.90. The standard InChI is InChI=1S/C21H17ClN4O/c1-13-18(12-27-21-5-3-4-20-17(21)8-9-24-20)14(2)26(25-13)16-7-6-15(11-23)19(22)10-16/h3-10,24H,12H2,1-2H3. The number of halogens is 1. The van der Waals surface area contributed by atoms with Gasteiger partial charge in [-0.2, -0.15) is 10.4 Å². The molecule has 0 aliphatic heterocycles. The average molecular weight is 377 g/mol. The third-order valence-corrected chi connectivity index (χ3v) is 5.00. The van der Waals surface area contributed by atoms with Crippen molar-refractivity contribution in [2.24, 2.45) is 0 Å². The lowest BCUT2D eigenvalue weighted by Crippen LogP contribution is -2.02. The second-order valence-corrected chi connectivity index (χ2v) is 6.73. The van der Waals surface area contributed by atoms with Crippen LogP contribution in [0, 0.1) is 25.2 Å². The number of nitrogens with zero attached hydrogens (tertiary/aromatic N) is 3. The van der Waals surface area contributed by atoms with Crippen molar-refractivity contribution in [2.75, 3.05) is 0 Å². The average Bonchev–Trinajstić information content (AvgIpc) is 3.25. The van der Waals surface area contributed by atoms with Crippen molar-refractivity contribution in [2.45, 2.75) is 20.5 Å². The van der Waals surface area contributed by atoms with Crippen LogP contribution in [0.25, 0.3) is 16.6 Å². The van der Waals surface area contributed by atoms with Gasteiger partial charge in [0.15, 0.2) is 0 Å². The summed E-state index contributed by atoms with van der Waals surface area (Å²) in [4.78, 5) is 3.19. The first kappa shape index (κ1) is 17.2. The molecule has 4 rings (SSSR count). The van der Waals surface area contributed by atoms with Gasteiger partial charge in [0.05, 0.1) is 22.0 Å². The van der Waals surface area contributed by atoms with E-state index in [1.54, 1.807) is 12.1 Å². The molecule has 2 aromatic carbocycles. The van der Waals surface area contributed by atoms with E-state index in [2.05, 4.69) is 16.2 Å². The van der Waals surface area contributed by atoms with Crippen LogP contribution in [0.4, 0.5) is 0 Å². The van der Waals surface area contributed by atoms with Crippen LogP contribution in [-0.2, 0) is 6.61 Å². The van der Waals surface area contributed by atoms with E-state index in [4.69, 9.17) is 21.6 Å². The normalized spacial score (nSPS) is 10.9. The third-order valence-electron chi connectivity index (χ3n) is 4.69. The van der Waals surface area contributed by atoms with Crippen LogP contribution in [-0.4, -0.2) is 14.8 Å². The summed E-state index contributed by atoms with van der Waals surface area (Å²) < 4.78 is 7.92. The first-order valence-corrected chi connectivity index (χ1v) is 8.90. The van der Waals surface area contributed by atoms with Crippen molar-refractivity contribution >= 4 is 22.5 Å². The lowest BCUT2D eigenvalue weighted by Gasteiger charge is -2.09. The van der Waals surface area contributed by atoms with Crippen LogP contribution in [0.15, 0.2) is 48.7 Å². The van der Waals surface area contributed by atoms with Gasteiger partial charge in [-0.25, -0.2) is 4.68 Å². The number of hydrogen-bond acceptors (Lipinski definition) is 3. The molecule has 2 heterocycles. The van der Waals surface area contributed by atoms with Gasteiger partial charge >= 0.3 is 0 Å². The summed E-state index contributed by atoms with van der Waals surface area (Å²) in [6, 6.07) is 15.3. The summed E-state index contributed by atoms with van der Waals surface area (Å²) >= 11 is 6.17. The van der Waals surface area contributed by atoms with Gasteiger partial charge in [0.1, 0.15) is 18.4 Å². The van der Waals surface area contributed by atoms with E-state index < -0.39 is 0 Å². The zero-order chi connectivity index (χ0) is 19.0. The fourth-order valence-corrected chi connectivity index (χ4v) is 3.41. The number of nitriles is 1. The van der Waals surface area contributed by atoms with Crippen LogP contribution in [0.2, 0.25) is 5.02 Å². The quantitative estimate of drug-likeness (QED) is 0.540. The van der Waals surface area contributed by atoms with Crippen molar-refractivity contribution in [1.82, 2.24) is 14.8 Å². The molecule has 0 fully saturated rings. The van der Waals surface area contributed by atoms with E-state index in [1.807, 2.05) is 55.1 Å². The van der Waals surface area contributed by atoms with Crippen molar-refractivity contribution < 1.29 is 4.74 Å². The second-order valence-electron chi connectivity index (χ2n) is 6.32. The Bertz CT molecular complexity index is 1180. The van der Waals surface area contributed by atoms with E-state index in [-0.39, 0.29) is 0 Å². The Kier molecular flexibility index (Phi) is 4.35. The number of aromatic nitrogens is 3. The zero-order valence-corrected chi connectivity index (χ0v) is 15.7. The Balaban J connectivity index is 1.64. The Morgan fingerprint density at radius 3 is 2.85 bits per heavy atom. The lowest BCUT2D eigenvalue weighted by molar-refractivity contribution is 0.308. The molecular weight excluding hydrogens is 360 g/mol. The highest BCUT2D eigenvalue weighted by Crippen LogP contribution is 2.27. The van der Waals surface area contributed by atoms with E-state index in [9.17, 15) is 0 Å². The topological polar surface area (TPSA) is 66.6 Å². The Hall–Kier alpha value is -3.23. The highest BCUT2D eigenvalue weighted by molar-refractivity contribution is 6.31. The van der Waals surface area contributed by atoms with E-state index in [1.165, 1.54) is 0 Å². The van der Waals surface area contributed by atoms with Gasteiger partial charge in [0.25, 0.3) is 0 Å². The van der Waals surface area contributed by atoms with Crippen LogP contribution in [0.1, 0.15) is 22.5 Å². The molecule has 0 bridgehead atoms. The monoisotopic (exact) mass is 376 g/mol. The first-order chi connectivity index (χ1) is 13.1. The van der Waals surface area contributed by atoms with Gasteiger partial charge < -0.3 is 9.72 Å². The third kappa shape index (κ3) is 3.05. The number of fused-ring (bicyclic) bond motifs is 1. The smallest absolute Gasteiger partial charge is 0.129 e. The maximum absolute atomic E-state index is 9.04. The maximum Gasteiger partial charge on any atom is 0.129 e. The number of ether oxygens (including phenoxy) is 1. The summed E-state index contributed by atoms with van der Waals surface area (Å²) in [5.74, 6) is 0.835.